The predicted molar refractivity (Wildman–Crippen MR) is 101 cm³/mol. The Morgan fingerprint density at radius 2 is 2.08 bits per heavy atom. The molecule has 0 bridgehead atoms. The molecule has 3 rings (SSSR count). The van der Waals surface area contributed by atoms with E-state index in [4.69, 9.17) is 0 Å². The first-order valence-corrected chi connectivity index (χ1v) is 9.43. The third-order valence-corrected chi connectivity index (χ3v) is 5.10. The van der Waals surface area contributed by atoms with Crippen LogP contribution in [0, 0.1) is 0 Å². The molecule has 126 valence electrons. The van der Waals surface area contributed by atoms with E-state index in [1.807, 2.05) is 35.3 Å². The molecule has 0 spiro atoms. The maximum absolute atomic E-state index is 10.1. The third kappa shape index (κ3) is 4.63. The molecule has 2 N–H and O–H groups in total. The summed E-state index contributed by atoms with van der Waals surface area (Å²) in [4.78, 5) is 4.15. The summed E-state index contributed by atoms with van der Waals surface area (Å²) < 4.78 is 0. The van der Waals surface area contributed by atoms with Crippen molar-refractivity contribution in [2.24, 2.45) is 0 Å². The fraction of sp³-hybridized carbons (Fsp3) is 0.350. The molecule has 0 aliphatic rings. The van der Waals surface area contributed by atoms with Crippen LogP contribution in [0.4, 0.5) is 0 Å². The first-order chi connectivity index (χ1) is 11.7. The average molecular weight is 340 g/mol. The molecule has 0 aliphatic heterocycles. The number of fused-ring (bicyclic) bond motifs is 1. The van der Waals surface area contributed by atoms with Crippen molar-refractivity contribution < 1.29 is 5.11 Å². The number of benzene rings is 1. The van der Waals surface area contributed by atoms with Crippen molar-refractivity contribution in [1.82, 2.24) is 10.3 Å². The summed E-state index contributed by atoms with van der Waals surface area (Å²) in [5.41, 5.74) is 2.34. The van der Waals surface area contributed by atoms with Gasteiger partial charge in [0.2, 0.25) is 0 Å². The van der Waals surface area contributed by atoms with Gasteiger partial charge in [0, 0.05) is 30.4 Å². The number of aliphatic hydroxyl groups is 1. The average Bonchev–Trinajstić information content (AvgIpc) is 3.14. The van der Waals surface area contributed by atoms with Gasteiger partial charge >= 0.3 is 0 Å². The minimum Gasteiger partial charge on any atom is -0.388 e. The lowest BCUT2D eigenvalue weighted by Crippen LogP contribution is -2.25. The van der Waals surface area contributed by atoms with Gasteiger partial charge in [-0.1, -0.05) is 12.1 Å². The van der Waals surface area contributed by atoms with Crippen molar-refractivity contribution in [1.29, 1.82) is 0 Å². The Morgan fingerprint density at radius 3 is 2.92 bits per heavy atom. The van der Waals surface area contributed by atoms with Crippen LogP contribution in [0.2, 0.25) is 0 Å². The normalized spacial score (nSPS) is 13.9. The van der Waals surface area contributed by atoms with E-state index in [0.29, 0.717) is 6.04 Å². The van der Waals surface area contributed by atoms with E-state index in [2.05, 4.69) is 35.4 Å². The molecule has 2 aromatic heterocycles. The van der Waals surface area contributed by atoms with Gasteiger partial charge in [-0.3, -0.25) is 4.98 Å². The molecule has 0 amide bonds. The molecule has 3 aromatic rings. The smallest absolute Gasteiger partial charge is 0.0798 e. The van der Waals surface area contributed by atoms with Gasteiger partial charge in [0.25, 0.3) is 0 Å². The van der Waals surface area contributed by atoms with E-state index in [9.17, 15) is 5.11 Å². The van der Waals surface area contributed by atoms with Crippen molar-refractivity contribution in [3.63, 3.8) is 0 Å². The van der Waals surface area contributed by atoms with Crippen LogP contribution >= 0.6 is 11.3 Å². The monoisotopic (exact) mass is 340 g/mol. The predicted octanol–water partition coefficient (Wildman–Crippen LogP) is 4.68. The molecule has 0 radical (unpaired) electrons. The second-order valence-corrected chi connectivity index (χ2v) is 7.12. The Morgan fingerprint density at radius 1 is 1.17 bits per heavy atom. The SMILES string of the molecule is C[C@H](CCC[C@H](O)c1ccsc1)NCc1ccc2cnccc2c1. The van der Waals surface area contributed by atoms with Gasteiger partial charge in [-0.25, -0.2) is 0 Å². The number of nitrogens with zero attached hydrogens (tertiary/aromatic N) is 1. The summed E-state index contributed by atoms with van der Waals surface area (Å²) in [6.45, 7) is 3.08. The zero-order valence-electron chi connectivity index (χ0n) is 14.0. The number of aromatic nitrogens is 1. The van der Waals surface area contributed by atoms with Crippen LogP contribution in [0.25, 0.3) is 10.8 Å². The summed E-state index contributed by atoms with van der Waals surface area (Å²) in [6.07, 6.45) is 6.33. The van der Waals surface area contributed by atoms with Crippen LogP contribution in [0.5, 0.6) is 0 Å². The van der Waals surface area contributed by atoms with Crippen LogP contribution < -0.4 is 5.32 Å². The second-order valence-electron chi connectivity index (χ2n) is 6.34. The Labute approximate surface area is 147 Å². The van der Waals surface area contributed by atoms with E-state index in [1.165, 1.54) is 16.3 Å². The molecule has 3 nitrogen and oxygen atoms in total. The Kier molecular flexibility index (Phi) is 5.96. The van der Waals surface area contributed by atoms with Crippen LogP contribution in [0.15, 0.2) is 53.5 Å². The highest BCUT2D eigenvalue weighted by molar-refractivity contribution is 7.07. The number of hydrogen-bond donors (Lipinski definition) is 2. The van der Waals surface area contributed by atoms with Crippen LogP contribution in [0.3, 0.4) is 0 Å². The first kappa shape index (κ1) is 17.1. The summed E-state index contributed by atoms with van der Waals surface area (Å²) in [6, 6.07) is 11.0. The number of pyridine rings is 1. The van der Waals surface area contributed by atoms with E-state index < -0.39 is 0 Å². The molecule has 0 unspecified atom stereocenters. The van der Waals surface area contributed by atoms with E-state index >= 15 is 0 Å². The lowest BCUT2D eigenvalue weighted by atomic mass is 10.0. The van der Waals surface area contributed by atoms with E-state index in [0.717, 1.165) is 31.4 Å². The molecule has 0 saturated carbocycles. The molecule has 4 heteroatoms. The topological polar surface area (TPSA) is 45.1 Å². The molecule has 0 fully saturated rings. The molecule has 24 heavy (non-hydrogen) atoms. The lowest BCUT2D eigenvalue weighted by Gasteiger charge is -2.15. The minimum absolute atomic E-state index is 0.322. The maximum atomic E-state index is 10.1. The van der Waals surface area contributed by atoms with E-state index in [1.54, 1.807) is 11.3 Å². The molecular weight excluding hydrogens is 316 g/mol. The molecular formula is C20H24N2OS. The molecule has 2 heterocycles. The zero-order chi connectivity index (χ0) is 16.8. The standard InChI is InChI=1S/C20H24N2OS/c1-15(3-2-4-20(23)19-8-10-24-14-19)22-12-16-5-6-18-13-21-9-7-17(18)11-16/h5-11,13-15,20,22-23H,2-4,12H2,1H3/t15-,20+/m1/s1. The number of thiophene rings is 1. The van der Waals surface area contributed by atoms with Crippen molar-refractivity contribution in [2.45, 2.75) is 44.9 Å². The summed E-state index contributed by atoms with van der Waals surface area (Å²) in [5, 5.41) is 20.1. The van der Waals surface area contributed by atoms with Gasteiger partial charge in [0.1, 0.15) is 0 Å². The van der Waals surface area contributed by atoms with Crippen LogP contribution in [0.1, 0.15) is 43.4 Å². The van der Waals surface area contributed by atoms with Crippen molar-refractivity contribution in [2.75, 3.05) is 0 Å². The molecule has 0 saturated heterocycles. The first-order valence-electron chi connectivity index (χ1n) is 8.48. The van der Waals surface area contributed by atoms with Crippen molar-refractivity contribution in [3.8, 4) is 0 Å². The molecule has 2 atom stereocenters. The summed E-state index contributed by atoms with van der Waals surface area (Å²) >= 11 is 1.64. The minimum atomic E-state index is -0.322. The Bertz CT molecular complexity index is 757. The van der Waals surface area contributed by atoms with Gasteiger partial charge in [-0.2, -0.15) is 11.3 Å². The number of rotatable bonds is 8. The summed E-state index contributed by atoms with van der Waals surface area (Å²) in [7, 11) is 0. The number of nitrogens with one attached hydrogen (secondary N) is 1. The van der Waals surface area contributed by atoms with Gasteiger partial charge in [0.05, 0.1) is 6.10 Å². The van der Waals surface area contributed by atoms with Gasteiger partial charge in [-0.05, 0) is 71.7 Å². The Hall–Kier alpha value is -1.75. The fourth-order valence-corrected chi connectivity index (χ4v) is 3.59. The highest BCUT2D eigenvalue weighted by Crippen LogP contribution is 2.21. The Balaban J connectivity index is 1.42. The van der Waals surface area contributed by atoms with Gasteiger partial charge in [0.15, 0.2) is 0 Å². The fourth-order valence-electron chi connectivity index (χ4n) is 2.89. The quantitative estimate of drug-likeness (QED) is 0.626. The number of hydrogen-bond acceptors (Lipinski definition) is 4. The largest absolute Gasteiger partial charge is 0.388 e. The maximum Gasteiger partial charge on any atom is 0.0798 e. The van der Waals surface area contributed by atoms with Crippen LogP contribution in [-0.4, -0.2) is 16.1 Å². The van der Waals surface area contributed by atoms with Crippen molar-refractivity contribution >= 4 is 22.1 Å². The van der Waals surface area contributed by atoms with Crippen molar-refractivity contribution in [3.05, 3.63) is 64.6 Å². The third-order valence-electron chi connectivity index (χ3n) is 4.40. The molecule has 0 aliphatic carbocycles. The second kappa shape index (κ2) is 8.38. The van der Waals surface area contributed by atoms with Gasteiger partial charge in [-0.15, -0.1) is 0 Å². The zero-order valence-corrected chi connectivity index (χ0v) is 14.8. The highest BCUT2D eigenvalue weighted by atomic mass is 32.1. The highest BCUT2D eigenvalue weighted by Gasteiger charge is 2.09. The lowest BCUT2D eigenvalue weighted by molar-refractivity contribution is 0.163. The van der Waals surface area contributed by atoms with Gasteiger partial charge < -0.3 is 10.4 Å². The summed E-state index contributed by atoms with van der Waals surface area (Å²) in [5.74, 6) is 0. The molecule has 1 aromatic carbocycles. The van der Waals surface area contributed by atoms with Crippen LogP contribution in [-0.2, 0) is 6.54 Å². The van der Waals surface area contributed by atoms with E-state index in [-0.39, 0.29) is 6.10 Å². The number of aliphatic hydroxyl groups excluding tert-OH is 1.